The Morgan fingerprint density at radius 2 is 1.77 bits per heavy atom. The Hall–Kier alpha value is -0.460. The van der Waals surface area contributed by atoms with Crippen LogP contribution < -0.4 is 0 Å². The number of hydrogen-bond donors (Lipinski definition) is 0. The van der Waals surface area contributed by atoms with Crippen LogP contribution in [0.3, 0.4) is 0 Å². The first-order valence-electron chi connectivity index (χ1n) is 5.67. The second-order valence-electron chi connectivity index (χ2n) is 4.76. The Balaban J connectivity index is 1.99. The zero-order chi connectivity index (χ0) is 9.42. The van der Waals surface area contributed by atoms with E-state index in [0.717, 1.165) is 12.1 Å². The number of nitrogens with zero attached hydrogens (tertiary/aromatic N) is 1. The highest BCUT2D eigenvalue weighted by Crippen LogP contribution is 2.41. The molecule has 0 aromatic heterocycles. The van der Waals surface area contributed by atoms with E-state index in [1.807, 2.05) is 0 Å². The average Bonchev–Trinajstić information content (AvgIpc) is 2.79. The Bertz CT molecular complexity index is 219. The molecule has 1 saturated heterocycles. The molecular weight excluding hydrogens is 158 g/mol. The molecule has 1 heterocycles. The summed E-state index contributed by atoms with van der Waals surface area (Å²) in [6.07, 6.45) is 7.22. The van der Waals surface area contributed by atoms with Crippen LogP contribution in [-0.4, -0.2) is 17.0 Å². The van der Waals surface area contributed by atoms with Crippen molar-refractivity contribution in [2.45, 2.75) is 65.0 Å². The van der Waals surface area contributed by atoms with Crippen LogP contribution in [0.2, 0.25) is 0 Å². The van der Waals surface area contributed by atoms with E-state index in [1.165, 1.54) is 37.7 Å². The lowest BCUT2D eigenvalue weighted by molar-refractivity contribution is 0.293. The minimum absolute atomic E-state index is 0.757. The van der Waals surface area contributed by atoms with Gasteiger partial charge in [-0.3, -0.25) is 0 Å². The fourth-order valence-corrected chi connectivity index (χ4v) is 2.86. The SMILES string of the molecule is CC(C)=C1C(C)N1C1CCCCC1. The smallest absolute Gasteiger partial charge is 0.0662 e. The monoisotopic (exact) mass is 179 g/mol. The second kappa shape index (κ2) is 3.36. The lowest BCUT2D eigenvalue weighted by atomic mass is 9.95. The van der Waals surface area contributed by atoms with E-state index < -0.39 is 0 Å². The van der Waals surface area contributed by atoms with Crippen molar-refractivity contribution in [2.24, 2.45) is 0 Å². The lowest BCUT2D eigenvalue weighted by Crippen LogP contribution is -2.22. The zero-order valence-electron chi connectivity index (χ0n) is 9.14. The summed E-state index contributed by atoms with van der Waals surface area (Å²) in [4.78, 5) is 2.65. The number of hydrogen-bond acceptors (Lipinski definition) is 1. The fourth-order valence-electron chi connectivity index (χ4n) is 2.86. The van der Waals surface area contributed by atoms with E-state index in [4.69, 9.17) is 0 Å². The maximum absolute atomic E-state index is 2.65. The van der Waals surface area contributed by atoms with Crippen molar-refractivity contribution in [3.8, 4) is 0 Å². The molecule has 0 aromatic rings. The molecule has 13 heavy (non-hydrogen) atoms. The molecular formula is C12H21N. The first-order valence-corrected chi connectivity index (χ1v) is 5.67. The first kappa shape index (κ1) is 9.11. The van der Waals surface area contributed by atoms with Crippen molar-refractivity contribution in [3.05, 3.63) is 11.3 Å². The Morgan fingerprint density at radius 1 is 1.15 bits per heavy atom. The quantitative estimate of drug-likeness (QED) is 0.558. The van der Waals surface area contributed by atoms with Crippen LogP contribution in [0.15, 0.2) is 11.3 Å². The number of rotatable bonds is 1. The molecule has 0 amide bonds. The van der Waals surface area contributed by atoms with Crippen molar-refractivity contribution in [2.75, 3.05) is 0 Å². The van der Waals surface area contributed by atoms with Gasteiger partial charge < -0.3 is 4.90 Å². The molecule has 0 aromatic carbocycles. The molecule has 0 N–H and O–H groups in total. The highest BCUT2D eigenvalue weighted by molar-refractivity contribution is 5.31. The molecule has 1 unspecified atom stereocenters. The van der Waals surface area contributed by atoms with Gasteiger partial charge in [0.25, 0.3) is 0 Å². The van der Waals surface area contributed by atoms with E-state index in [1.54, 1.807) is 5.70 Å². The van der Waals surface area contributed by atoms with Gasteiger partial charge in [-0.25, -0.2) is 0 Å². The van der Waals surface area contributed by atoms with Gasteiger partial charge in [-0.1, -0.05) is 24.8 Å². The highest BCUT2D eigenvalue weighted by atomic mass is 15.3. The second-order valence-corrected chi connectivity index (χ2v) is 4.76. The summed E-state index contributed by atoms with van der Waals surface area (Å²) in [7, 11) is 0. The van der Waals surface area contributed by atoms with E-state index in [-0.39, 0.29) is 0 Å². The summed E-state index contributed by atoms with van der Waals surface area (Å²) in [5, 5.41) is 0. The molecule has 0 radical (unpaired) electrons. The van der Waals surface area contributed by atoms with Gasteiger partial charge in [0.1, 0.15) is 0 Å². The van der Waals surface area contributed by atoms with Crippen molar-refractivity contribution in [1.82, 2.24) is 4.90 Å². The van der Waals surface area contributed by atoms with Crippen molar-refractivity contribution >= 4 is 0 Å². The van der Waals surface area contributed by atoms with Crippen LogP contribution in [-0.2, 0) is 0 Å². The molecule has 0 bridgehead atoms. The molecule has 1 heteroatoms. The summed E-state index contributed by atoms with van der Waals surface area (Å²) in [6, 6.07) is 1.64. The molecule has 74 valence electrons. The average molecular weight is 179 g/mol. The van der Waals surface area contributed by atoms with Crippen LogP contribution in [0.1, 0.15) is 52.9 Å². The molecule has 1 saturated carbocycles. The van der Waals surface area contributed by atoms with Gasteiger partial charge in [0, 0.05) is 11.7 Å². The predicted molar refractivity (Wildman–Crippen MR) is 56.5 cm³/mol. The Morgan fingerprint density at radius 3 is 2.23 bits per heavy atom. The van der Waals surface area contributed by atoms with Crippen LogP contribution in [0.25, 0.3) is 0 Å². The van der Waals surface area contributed by atoms with E-state index in [0.29, 0.717) is 0 Å². The number of allylic oxidation sites excluding steroid dienone is 1. The highest BCUT2D eigenvalue weighted by Gasteiger charge is 2.42. The van der Waals surface area contributed by atoms with Gasteiger partial charge >= 0.3 is 0 Å². The first-order chi connectivity index (χ1) is 6.22. The third-order valence-electron chi connectivity index (χ3n) is 3.50. The van der Waals surface area contributed by atoms with Crippen LogP contribution in [0.5, 0.6) is 0 Å². The molecule has 1 nitrogen and oxygen atoms in total. The minimum atomic E-state index is 0.757. The van der Waals surface area contributed by atoms with Gasteiger partial charge in [0.05, 0.1) is 6.04 Å². The maximum atomic E-state index is 2.65. The molecule has 2 aliphatic rings. The van der Waals surface area contributed by atoms with Gasteiger partial charge in [0.15, 0.2) is 0 Å². The third-order valence-corrected chi connectivity index (χ3v) is 3.50. The topological polar surface area (TPSA) is 3.01 Å². The molecule has 1 atom stereocenters. The largest absolute Gasteiger partial charge is 0.362 e. The third kappa shape index (κ3) is 1.61. The normalized spacial score (nSPS) is 29.3. The van der Waals surface area contributed by atoms with Crippen LogP contribution >= 0.6 is 0 Å². The van der Waals surface area contributed by atoms with Crippen LogP contribution in [0.4, 0.5) is 0 Å². The summed E-state index contributed by atoms with van der Waals surface area (Å²) in [5.74, 6) is 0. The minimum Gasteiger partial charge on any atom is -0.362 e. The summed E-state index contributed by atoms with van der Waals surface area (Å²) in [5.41, 5.74) is 3.16. The van der Waals surface area contributed by atoms with Gasteiger partial charge in [-0.15, -0.1) is 0 Å². The Labute approximate surface area is 81.8 Å². The maximum Gasteiger partial charge on any atom is 0.0662 e. The van der Waals surface area contributed by atoms with Crippen molar-refractivity contribution < 1.29 is 0 Å². The summed E-state index contributed by atoms with van der Waals surface area (Å²) >= 11 is 0. The van der Waals surface area contributed by atoms with Crippen LogP contribution in [0, 0.1) is 0 Å². The molecule has 1 aliphatic carbocycles. The van der Waals surface area contributed by atoms with E-state index in [9.17, 15) is 0 Å². The standard InChI is InChI=1S/C12H21N/c1-9(2)12-10(3)13(12)11-7-5-4-6-8-11/h10-11H,4-8H2,1-3H3. The summed E-state index contributed by atoms with van der Waals surface area (Å²) in [6.45, 7) is 6.83. The van der Waals surface area contributed by atoms with Gasteiger partial charge in [0.2, 0.25) is 0 Å². The Kier molecular flexibility index (Phi) is 2.35. The van der Waals surface area contributed by atoms with E-state index >= 15 is 0 Å². The fraction of sp³-hybridized carbons (Fsp3) is 0.833. The van der Waals surface area contributed by atoms with E-state index in [2.05, 4.69) is 25.7 Å². The molecule has 1 aliphatic heterocycles. The van der Waals surface area contributed by atoms with Crippen molar-refractivity contribution in [1.29, 1.82) is 0 Å². The molecule has 2 rings (SSSR count). The zero-order valence-corrected chi connectivity index (χ0v) is 9.14. The van der Waals surface area contributed by atoms with Gasteiger partial charge in [-0.2, -0.15) is 0 Å². The molecule has 2 fully saturated rings. The predicted octanol–water partition coefficient (Wildman–Crippen LogP) is 3.32. The summed E-state index contributed by atoms with van der Waals surface area (Å²) < 4.78 is 0. The van der Waals surface area contributed by atoms with Gasteiger partial charge in [-0.05, 0) is 33.6 Å². The van der Waals surface area contributed by atoms with Crippen molar-refractivity contribution in [3.63, 3.8) is 0 Å². The lowest BCUT2D eigenvalue weighted by Gasteiger charge is -2.23. The molecule has 0 spiro atoms.